The van der Waals surface area contributed by atoms with Gasteiger partial charge in [-0.25, -0.2) is 4.98 Å². The number of nitriles is 1. The quantitative estimate of drug-likeness (QED) is 0.305. The van der Waals surface area contributed by atoms with E-state index in [2.05, 4.69) is 68.0 Å². The summed E-state index contributed by atoms with van der Waals surface area (Å²) in [5, 5.41) is 14.6. The summed E-state index contributed by atoms with van der Waals surface area (Å²) in [5.41, 5.74) is 4.89. The molecule has 0 aliphatic carbocycles. The second kappa shape index (κ2) is 7.11. The Morgan fingerprint density at radius 2 is 1.94 bits per heavy atom. The minimum atomic E-state index is 0.0190. The van der Waals surface area contributed by atoms with Crippen molar-refractivity contribution in [2.24, 2.45) is 0 Å². The zero-order valence-electron chi connectivity index (χ0n) is 18.0. The molecule has 0 saturated carbocycles. The van der Waals surface area contributed by atoms with Crippen LogP contribution in [0.2, 0.25) is 0 Å². The van der Waals surface area contributed by atoms with Gasteiger partial charge in [0.05, 0.1) is 17.3 Å². The first kappa shape index (κ1) is 19.6. The topological polar surface area (TPSA) is 54.8 Å². The molecular formula is C26H23N3OS. The number of aromatic nitrogens is 2. The lowest BCUT2D eigenvalue weighted by molar-refractivity contribution is 0.571. The van der Waals surface area contributed by atoms with Crippen LogP contribution in [0.3, 0.4) is 0 Å². The molecule has 0 amide bonds. The third-order valence-electron chi connectivity index (χ3n) is 5.78. The number of para-hydroxylation sites is 1. The van der Waals surface area contributed by atoms with Crippen molar-refractivity contribution in [3.05, 3.63) is 76.9 Å². The summed E-state index contributed by atoms with van der Waals surface area (Å²) in [5.74, 6) is 0.804. The van der Waals surface area contributed by atoms with Crippen LogP contribution in [0.25, 0.3) is 32.6 Å². The van der Waals surface area contributed by atoms with Crippen molar-refractivity contribution in [2.45, 2.75) is 39.2 Å². The Bertz CT molecular complexity index is 1460. The number of hydrogen-bond donors (Lipinski definition) is 0. The Labute approximate surface area is 185 Å². The first-order valence-corrected chi connectivity index (χ1v) is 11.2. The molecule has 2 aromatic carbocycles. The van der Waals surface area contributed by atoms with E-state index in [-0.39, 0.29) is 11.5 Å². The molecule has 3 aromatic heterocycles. The van der Waals surface area contributed by atoms with Crippen LogP contribution in [0.1, 0.15) is 50.6 Å². The molecule has 31 heavy (non-hydrogen) atoms. The molecular weight excluding hydrogens is 402 g/mol. The van der Waals surface area contributed by atoms with E-state index < -0.39 is 0 Å². The normalized spacial score (nSPS) is 13.0. The Morgan fingerprint density at radius 3 is 2.68 bits per heavy atom. The van der Waals surface area contributed by atoms with Crippen LogP contribution in [0.5, 0.6) is 0 Å². The van der Waals surface area contributed by atoms with Crippen molar-refractivity contribution in [1.29, 1.82) is 5.26 Å². The molecule has 0 saturated heterocycles. The molecule has 0 bridgehead atoms. The number of hydrogen-bond acceptors (Lipinski definition) is 4. The Hall–Kier alpha value is -3.36. The highest BCUT2D eigenvalue weighted by Gasteiger charge is 2.20. The first-order valence-electron chi connectivity index (χ1n) is 10.3. The smallest absolute Gasteiger partial charge is 0.164 e. The van der Waals surface area contributed by atoms with Crippen molar-refractivity contribution in [3.8, 4) is 16.8 Å². The average Bonchev–Trinajstić information content (AvgIpc) is 3.48. The molecule has 0 aliphatic rings. The summed E-state index contributed by atoms with van der Waals surface area (Å²) in [6, 6.07) is 18.8. The number of rotatable bonds is 3. The minimum absolute atomic E-state index is 0.0190. The van der Waals surface area contributed by atoms with Crippen LogP contribution < -0.4 is 0 Å². The molecule has 3 heterocycles. The van der Waals surface area contributed by atoms with Gasteiger partial charge in [0.25, 0.3) is 0 Å². The molecule has 154 valence electrons. The maximum absolute atomic E-state index is 9.52. The van der Waals surface area contributed by atoms with Gasteiger partial charge in [-0.2, -0.15) is 5.26 Å². The van der Waals surface area contributed by atoms with Crippen LogP contribution in [-0.2, 0) is 5.41 Å². The zero-order chi connectivity index (χ0) is 21.8. The molecule has 1 atom stereocenters. The van der Waals surface area contributed by atoms with E-state index in [1.165, 1.54) is 5.56 Å². The lowest BCUT2D eigenvalue weighted by Crippen LogP contribution is -2.11. The molecule has 5 aromatic rings. The summed E-state index contributed by atoms with van der Waals surface area (Å²) in [6.45, 7) is 8.66. The number of fused-ring (bicyclic) bond motifs is 2. The van der Waals surface area contributed by atoms with E-state index in [0.29, 0.717) is 5.56 Å². The fourth-order valence-electron chi connectivity index (χ4n) is 3.93. The highest BCUT2D eigenvalue weighted by molar-refractivity contribution is 7.13. The second-order valence-corrected chi connectivity index (χ2v) is 9.81. The number of benzene rings is 2. The molecule has 0 N–H and O–H groups in total. The van der Waals surface area contributed by atoms with Gasteiger partial charge in [0, 0.05) is 33.3 Å². The van der Waals surface area contributed by atoms with Gasteiger partial charge in [0.2, 0.25) is 0 Å². The fourth-order valence-corrected chi connectivity index (χ4v) is 4.93. The highest BCUT2D eigenvalue weighted by Crippen LogP contribution is 2.35. The zero-order valence-corrected chi connectivity index (χ0v) is 18.8. The third-order valence-corrected chi connectivity index (χ3v) is 6.64. The predicted octanol–water partition coefficient (Wildman–Crippen LogP) is 7.29. The summed E-state index contributed by atoms with van der Waals surface area (Å²) < 4.78 is 8.28. The van der Waals surface area contributed by atoms with Crippen LogP contribution in [0.15, 0.2) is 64.5 Å². The highest BCUT2D eigenvalue weighted by atomic mass is 32.1. The molecule has 5 heteroatoms. The SMILES string of the molecule is CC(c1ccc2oc(-c3nc(C(C)(C)C)cs3)cc2c1)n1cc(C#N)c2ccccc21. The molecule has 0 fully saturated rings. The summed E-state index contributed by atoms with van der Waals surface area (Å²) in [4.78, 5) is 4.79. The van der Waals surface area contributed by atoms with E-state index >= 15 is 0 Å². The Morgan fingerprint density at radius 1 is 1.13 bits per heavy atom. The fraction of sp³-hybridized carbons (Fsp3) is 0.231. The van der Waals surface area contributed by atoms with Crippen LogP contribution >= 0.6 is 11.3 Å². The minimum Gasteiger partial charge on any atom is -0.454 e. The summed E-state index contributed by atoms with van der Waals surface area (Å²) in [7, 11) is 0. The van der Waals surface area contributed by atoms with E-state index in [1.54, 1.807) is 11.3 Å². The number of thiazole rings is 1. The lowest BCUT2D eigenvalue weighted by atomic mass is 9.93. The number of furan rings is 1. The third kappa shape index (κ3) is 3.34. The Balaban J connectivity index is 1.54. The van der Waals surface area contributed by atoms with Crippen molar-refractivity contribution in [3.63, 3.8) is 0 Å². The van der Waals surface area contributed by atoms with Gasteiger partial charge in [0.15, 0.2) is 10.8 Å². The summed E-state index contributed by atoms with van der Waals surface area (Å²) in [6.07, 6.45) is 1.95. The van der Waals surface area contributed by atoms with E-state index in [0.717, 1.165) is 38.3 Å². The Kier molecular flexibility index (Phi) is 4.49. The van der Waals surface area contributed by atoms with Crippen molar-refractivity contribution < 1.29 is 4.42 Å². The van der Waals surface area contributed by atoms with Crippen LogP contribution in [0.4, 0.5) is 0 Å². The van der Waals surface area contributed by atoms with Gasteiger partial charge in [-0.1, -0.05) is 45.0 Å². The van der Waals surface area contributed by atoms with Gasteiger partial charge < -0.3 is 8.98 Å². The lowest BCUT2D eigenvalue weighted by Gasteiger charge is -2.16. The van der Waals surface area contributed by atoms with Gasteiger partial charge in [-0.3, -0.25) is 0 Å². The second-order valence-electron chi connectivity index (χ2n) is 8.95. The average molecular weight is 426 g/mol. The van der Waals surface area contributed by atoms with E-state index in [9.17, 15) is 5.26 Å². The largest absolute Gasteiger partial charge is 0.454 e. The summed E-state index contributed by atoms with van der Waals surface area (Å²) >= 11 is 1.62. The monoisotopic (exact) mass is 425 g/mol. The molecule has 4 nitrogen and oxygen atoms in total. The van der Waals surface area contributed by atoms with E-state index in [4.69, 9.17) is 9.40 Å². The van der Waals surface area contributed by atoms with Gasteiger partial charge in [-0.05, 0) is 36.8 Å². The van der Waals surface area contributed by atoms with Gasteiger partial charge in [-0.15, -0.1) is 11.3 Å². The van der Waals surface area contributed by atoms with Crippen molar-refractivity contribution in [1.82, 2.24) is 9.55 Å². The predicted molar refractivity (Wildman–Crippen MR) is 126 cm³/mol. The standard InChI is InChI=1S/C26H23N3OS/c1-16(29-14-19(13-27)20-7-5-6-8-21(20)29)17-9-10-22-18(11-17)12-23(30-22)25-28-24(15-31-25)26(2,3)4/h5-12,14-16H,1-4H3. The molecule has 0 radical (unpaired) electrons. The maximum atomic E-state index is 9.52. The van der Waals surface area contributed by atoms with Crippen LogP contribution in [0, 0.1) is 11.3 Å². The number of nitrogens with zero attached hydrogens (tertiary/aromatic N) is 3. The first-order chi connectivity index (χ1) is 14.8. The molecule has 5 rings (SSSR count). The van der Waals surface area contributed by atoms with E-state index in [1.807, 2.05) is 30.5 Å². The molecule has 1 unspecified atom stereocenters. The van der Waals surface area contributed by atoms with Gasteiger partial charge >= 0.3 is 0 Å². The van der Waals surface area contributed by atoms with Crippen molar-refractivity contribution in [2.75, 3.05) is 0 Å². The molecule has 0 aliphatic heterocycles. The van der Waals surface area contributed by atoms with Crippen LogP contribution in [-0.4, -0.2) is 9.55 Å². The van der Waals surface area contributed by atoms with Gasteiger partial charge in [0.1, 0.15) is 11.7 Å². The van der Waals surface area contributed by atoms with Crippen molar-refractivity contribution >= 4 is 33.2 Å². The maximum Gasteiger partial charge on any atom is 0.164 e. The molecule has 0 spiro atoms.